The number of aromatic nitrogens is 3. The van der Waals surface area contributed by atoms with Crippen LogP contribution in [-0.2, 0) is 18.4 Å². The Morgan fingerprint density at radius 3 is 2.62 bits per heavy atom. The van der Waals surface area contributed by atoms with Crippen molar-refractivity contribution in [2.24, 2.45) is 7.05 Å². The van der Waals surface area contributed by atoms with Crippen molar-refractivity contribution in [2.75, 3.05) is 18.4 Å². The van der Waals surface area contributed by atoms with Crippen LogP contribution in [0.15, 0.2) is 48.8 Å². The van der Waals surface area contributed by atoms with Crippen LogP contribution in [-0.4, -0.2) is 50.7 Å². The molecule has 11 heteroatoms. The lowest BCUT2D eigenvalue weighted by Crippen LogP contribution is -2.41. The lowest BCUT2D eigenvalue weighted by atomic mass is 10.1. The molecule has 4 rings (SSSR count). The third-order valence-corrected chi connectivity index (χ3v) is 5.02. The Hall–Kier alpha value is -3.89. The fourth-order valence-electron chi connectivity index (χ4n) is 3.35. The molecule has 0 spiro atoms. The minimum Gasteiger partial charge on any atom is -0.354 e. The smallest absolute Gasteiger partial charge is 0.354 e. The number of halogens is 3. The highest BCUT2D eigenvalue weighted by Crippen LogP contribution is 2.31. The number of rotatable bonds is 5. The second-order valence-corrected chi connectivity index (χ2v) is 7.59. The normalized spacial score (nSPS) is 13.1. The molecule has 3 heterocycles. The molecule has 2 aromatic heterocycles. The summed E-state index contributed by atoms with van der Waals surface area (Å²) in [4.78, 5) is 30.2. The van der Waals surface area contributed by atoms with Crippen LogP contribution in [0.1, 0.15) is 29.8 Å². The minimum atomic E-state index is -4.51. The number of carbonyl (C=O) groups is 2. The van der Waals surface area contributed by atoms with Gasteiger partial charge in [-0.2, -0.15) is 18.3 Å². The predicted octanol–water partition coefficient (Wildman–Crippen LogP) is 3.93. The van der Waals surface area contributed by atoms with E-state index in [0.717, 1.165) is 5.39 Å². The van der Waals surface area contributed by atoms with E-state index in [9.17, 15) is 22.8 Å². The molecule has 0 unspecified atom stereocenters. The van der Waals surface area contributed by atoms with Crippen molar-refractivity contribution in [1.29, 1.82) is 0 Å². The SMILES string of the molecule is C/C=C/C.Cn1ncc2cc(Nc3cccc4c3C(=O)N(CC(=O)NCC(F)(F)F)C4)cnc21. The molecule has 1 aliphatic heterocycles. The van der Waals surface area contributed by atoms with E-state index < -0.39 is 31.1 Å². The first kappa shape index (κ1) is 24.7. The molecule has 1 aliphatic rings. The summed E-state index contributed by atoms with van der Waals surface area (Å²) >= 11 is 0. The second-order valence-electron chi connectivity index (χ2n) is 7.59. The number of amides is 2. The monoisotopic (exact) mass is 474 g/mol. The Kier molecular flexibility index (Phi) is 7.54. The molecule has 2 N–H and O–H groups in total. The summed E-state index contributed by atoms with van der Waals surface area (Å²) in [5.74, 6) is -1.29. The van der Waals surface area contributed by atoms with Gasteiger partial charge in [0, 0.05) is 19.0 Å². The summed E-state index contributed by atoms with van der Waals surface area (Å²) in [5.41, 5.74) is 2.96. The van der Waals surface area contributed by atoms with E-state index in [1.54, 1.807) is 47.6 Å². The van der Waals surface area contributed by atoms with Crippen molar-refractivity contribution in [2.45, 2.75) is 26.6 Å². The number of nitrogens with one attached hydrogen (secondary N) is 2. The highest BCUT2D eigenvalue weighted by Gasteiger charge is 2.32. The van der Waals surface area contributed by atoms with Crippen molar-refractivity contribution < 1.29 is 22.8 Å². The first-order valence-corrected chi connectivity index (χ1v) is 10.5. The molecule has 0 saturated heterocycles. The number of allylic oxidation sites excluding steroid dienone is 2. The number of aryl methyl sites for hydroxylation is 1. The highest BCUT2D eigenvalue weighted by atomic mass is 19.4. The average Bonchev–Trinajstić information content (AvgIpc) is 3.32. The van der Waals surface area contributed by atoms with Crippen LogP contribution in [0, 0.1) is 0 Å². The van der Waals surface area contributed by atoms with E-state index >= 15 is 0 Å². The van der Waals surface area contributed by atoms with Gasteiger partial charge in [0.25, 0.3) is 5.91 Å². The summed E-state index contributed by atoms with van der Waals surface area (Å²) < 4.78 is 38.4. The van der Waals surface area contributed by atoms with E-state index in [1.807, 2.05) is 32.1 Å². The number of fused-ring (bicyclic) bond motifs is 2. The van der Waals surface area contributed by atoms with Gasteiger partial charge in [0.15, 0.2) is 5.65 Å². The van der Waals surface area contributed by atoms with Crippen molar-refractivity contribution in [3.8, 4) is 0 Å². The highest BCUT2D eigenvalue weighted by molar-refractivity contribution is 6.05. The van der Waals surface area contributed by atoms with Crippen molar-refractivity contribution >= 4 is 34.2 Å². The summed E-state index contributed by atoms with van der Waals surface area (Å²) in [6.07, 6.45) is 2.79. The molecule has 0 atom stereocenters. The van der Waals surface area contributed by atoms with Crippen LogP contribution in [0.2, 0.25) is 0 Å². The molecule has 180 valence electrons. The number of hydrogen-bond donors (Lipinski definition) is 2. The quantitative estimate of drug-likeness (QED) is 0.547. The fraction of sp³-hybridized carbons (Fsp3) is 0.304. The van der Waals surface area contributed by atoms with Gasteiger partial charge in [-0.15, -0.1) is 0 Å². The number of carbonyl (C=O) groups excluding carboxylic acids is 2. The Morgan fingerprint density at radius 1 is 1.21 bits per heavy atom. The molecule has 8 nitrogen and oxygen atoms in total. The Balaban J connectivity index is 0.000000751. The van der Waals surface area contributed by atoms with E-state index in [1.165, 1.54) is 4.90 Å². The van der Waals surface area contributed by atoms with E-state index in [-0.39, 0.29) is 6.54 Å². The molecule has 0 fully saturated rings. The van der Waals surface area contributed by atoms with Gasteiger partial charge in [0.1, 0.15) is 13.1 Å². The fourth-order valence-corrected chi connectivity index (χ4v) is 3.35. The van der Waals surface area contributed by atoms with Crippen molar-refractivity contribution in [1.82, 2.24) is 25.0 Å². The summed E-state index contributed by atoms with van der Waals surface area (Å²) in [6.45, 7) is 2.26. The van der Waals surface area contributed by atoms with Crippen LogP contribution < -0.4 is 10.6 Å². The zero-order valence-corrected chi connectivity index (χ0v) is 19.0. The van der Waals surface area contributed by atoms with Crippen LogP contribution in [0.25, 0.3) is 11.0 Å². The van der Waals surface area contributed by atoms with Crippen LogP contribution in [0.5, 0.6) is 0 Å². The van der Waals surface area contributed by atoms with Gasteiger partial charge in [-0.1, -0.05) is 24.3 Å². The minimum absolute atomic E-state index is 0.142. The summed E-state index contributed by atoms with van der Waals surface area (Å²) in [6, 6.07) is 7.07. The van der Waals surface area contributed by atoms with Gasteiger partial charge in [0.05, 0.1) is 29.3 Å². The topological polar surface area (TPSA) is 92.2 Å². The maximum Gasteiger partial charge on any atom is 0.405 e. The molecule has 2 amide bonds. The van der Waals surface area contributed by atoms with Crippen molar-refractivity contribution in [3.05, 3.63) is 59.9 Å². The molecule has 3 aromatic rings. The Labute approximate surface area is 194 Å². The number of pyridine rings is 1. The summed E-state index contributed by atoms with van der Waals surface area (Å²) in [5, 5.41) is 9.90. The molecule has 34 heavy (non-hydrogen) atoms. The first-order chi connectivity index (χ1) is 16.1. The lowest BCUT2D eigenvalue weighted by Gasteiger charge is -2.16. The number of benzene rings is 1. The number of hydrogen-bond acceptors (Lipinski definition) is 5. The zero-order chi connectivity index (χ0) is 24.9. The molecule has 0 aliphatic carbocycles. The van der Waals surface area contributed by atoms with Crippen molar-refractivity contribution in [3.63, 3.8) is 0 Å². The van der Waals surface area contributed by atoms with Gasteiger partial charge in [0.2, 0.25) is 5.91 Å². The number of nitrogens with zero attached hydrogens (tertiary/aromatic N) is 4. The van der Waals surface area contributed by atoms with Gasteiger partial charge < -0.3 is 15.5 Å². The molecular weight excluding hydrogens is 449 g/mol. The standard InChI is InChI=1S/C19H17F3N6O2.C4H8/c1-27-17-12(6-25-27)5-13(7-23-17)26-14-4-2-3-11-8-28(18(30)16(11)14)9-15(29)24-10-19(20,21)22;1-3-4-2/h2-7,26H,8-10H2,1H3,(H,24,29);3-4H,1-2H3/b;4-3+. The van der Waals surface area contributed by atoms with Gasteiger partial charge in [-0.05, 0) is 31.5 Å². The van der Waals surface area contributed by atoms with Gasteiger partial charge in [-0.25, -0.2) is 4.98 Å². The largest absolute Gasteiger partial charge is 0.405 e. The molecular formula is C23H25F3N6O2. The third kappa shape index (κ3) is 5.91. The molecule has 1 aromatic carbocycles. The second kappa shape index (κ2) is 10.4. The van der Waals surface area contributed by atoms with E-state index in [0.29, 0.717) is 28.1 Å². The van der Waals surface area contributed by atoms with Gasteiger partial charge >= 0.3 is 6.18 Å². The Morgan fingerprint density at radius 2 is 1.94 bits per heavy atom. The van der Waals surface area contributed by atoms with Crippen LogP contribution >= 0.6 is 0 Å². The maximum atomic E-state index is 12.8. The zero-order valence-electron chi connectivity index (χ0n) is 19.0. The maximum absolute atomic E-state index is 12.8. The first-order valence-electron chi connectivity index (χ1n) is 10.5. The lowest BCUT2D eigenvalue weighted by molar-refractivity contribution is -0.138. The Bertz CT molecular complexity index is 1220. The van der Waals surface area contributed by atoms with Crippen LogP contribution in [0.4, 0.5) is 24.5 Å². The predicted molar refractivity (Wildman–Crippen MR) is 123 cm³/mol. The van der Waals surface area contributed by atoms with Crippen LogP contribution in [0.3, 0.4) is 0 Å². The number of anilines is 2. The molecule has 0 saturated carbocycles. The summed E-state index contributed by atoms with van der Waals surface area (Å²) in [7, 11) is 1.78. The number of alkyl halides is 3. The molecule has 0 bridgehead atoms. The molecule has 0 radical (unpaired) electrons. The van der Waals surface area contributed by atoms with E-state index in [4.69, 9.17) is 0 Å². The average molecular weight is 474 g/mol. The van der Waals surface area contributed by atoms with Gasteiger partial charge in [-0.3, -0.25) is 14.3 Å². The third-order valence-electron chi connectivity index (χ3n) is 5.02. The van der Waals surface area contributed by atoms with E-state index in [2.05, 4.69) is 15.4 Å².